The Kier molecular flexibility index (Phi) is 1.92. The lowest BCUT2D eigenvalue weighted by Crippen LogP contribution is -2.47. The molecular weight excluding hydrogens is 176 g/mol. The molecule has 2 bridgehead atoms. The van der Waals surface area contributed by atoms with Crippen LogP contribution in [0.3, 0.4) is 0 Å². The second-order valence-corrected chi connectivity index (χ2v) is 6.28. The highest BCUT2D eigenvalue weighted by Gasteiger charge is 2.45. The molecule has 2 heterocycles. The van der Waals surface area contributed by atoms with Gasteiger partial charge in [-0.25, -0.2) is 8.42 Å². The lowest BCUT2D eigenvalue weighted by Gasteiger charge is -2.37. The van der Waals surface area contributed by atoms with Gasteiger partial charge < -0.3 is 5.11 Å². The average Bonchev–Trinajstić information content (AvgIpc) is 1.95. The largest absolute Gasteiger partial charge is 0.392 e. The van der Waals surface area contributed by atoms with Crippen molar-refractivity contribution in [2.75, 3.05) is 0 Å². The maximum atomic E-state index is 11.6. The molecule has 0 spiro atoms. The fraction of sp³-hybridized carbons (Fsp3) is 1.00. The van der Waals surface area contributed by atoms with E-state index >= 15 is 0 Å². The van der Waals surface area contributed by atoms with E-state index in [2.05, 4.69) is 0 Å². The molecule has 2 saturated heterocycles. The zero-order valence-electron chi connectivity index (χ0n) is 6.94. The Morgan fingerprint density at radius 3 is 2.50 bits per heavy atom. The molecule has 0 aromatic rings. The molecule has 12 heavy (non-hydrogen) atoms. The summed E-state index contributed by atoms with van der Waals surface area (Å²) in [6, 6.07) is 0. The van der Waals surface area contributed by atoms with E-state index in [1.807, 2.05) is 0 Å². The van der Waals surface area contributed by atoms with Gasteiger partial charge in [-0.1, -0.05) is 6.42 Å². The third-order valence-corrected chi connectivity index (χ3v) is 5.91. The predicted molar refractivity (Wildman–Crippen MR) is 45.6 cm³/mol. The van der Waals surface area contributed by atoms with Crippen LogP contribution in [0.5, 0.6) is 0 Å². The molecule has 0 aliphatic carbocycles. The van der Waals surface area contributed by atoms with Crippen LogP contribution in [0.4, 0.5) is 0 Å². The standard InChI is InChI=1S/C8H14O3S/c9-7-5-4-6-2-1-3-8(7)12(6,10)11/h6-9H,1-5H2/t6-,7+,8+/m0/s1. The zero-order valence-corrected chi connectivity index (χ0v) is 7.76. The van der Waals surface area contributed by atoms with Gasteiger partial charge >= 0.3 is 0 Å². The summed E-state index contributed by atoms with van der Waals surface area (Å²) in [5.74, 6) is 0. The molecule has 70 valence electrons. The highest BCUT2D eigenvalue weighted by molar-refractivity contribution is 7.92. The van der Waals surface area contributed by atoms with Gasteiger partial charge in [0, 0.05) is 0 Å². The molecule has 0 radical (unpaired) electrons. The number of hydrogen-bond acceptors (Lipinski definition) is 3. The van der Waals surface area contributed by atoms with Crippen LogP contribution < -0.4 is 0 Å². The molecule has 2 aliphatic heterocycles. The summed E-state index contributed by atoms with van der Waals surface area (Å²) in [6.07, 6.45) is 3.19. The summed E-state index contributed by atoms with van der Waals surface area (Å²) in [5.41, 5.74) is 0. The minimum Gasteiger partial charge on any atom is -0.392 e. The van der Waals surface area contributed by atoms with Crippen molar-refractivity contribution in [3.63, 3.8) is 0 Å². The Hall–Kier alpha value is -0.0900. The van der Waals surface area contributed by atoms with E-state index in [-0.39, 0.29) is 5.25 Å². The summed E-state index contributed by atoms with van der Waals surface area (Å²) in [6.45, 7) is 0. The summed E-state index contributed by atoms with van der Waals surface area (Å²) < 4.78 is 23.3. The fourth-order valence-electron chi connectivity index (χ4n) is 2.38. The van der Waals surface area contributed by atoms with Crippen LogP contribution in [0.15, 0.2) is 0 Å². The van der Waals surface area contributed by atoms with Crippen molar-refractivity contribution in [3.05, 3.63) is 0 Å². The van der Waals surface area contributed by atoms with E-state index in [1.165, 1.54) is 0 Å². The first kappa shape index (κ1) is 8.51. The Morgan fingerprint density at radius 2 is 1.83 bits per heavy atom. The molecule has 2 aliphatic rings. The summed E-state index contributed by atoms with van der Waals surface area (Å²) in [4.78, 5) is 0. The van der Waals surface area contributed by atoms with Crippen molar-refractivity contribution in [1.82, 2.24) is 0 Å². The lowest BCUT2D eigenvalue weighted by molar-refractivity contribution is 0.134. The second-order valence-electron chi connectivity index (χ2n) is 3.83. The maximum Gasteiger partial charge on any atom is 0.158 e. The zero-order chi connectivity index (χ0) is 8.77. The van der Waals surface area contributed by atoms with E-state index in [1.54, 1.807) is 0 Å². The molecular formula is C8H14O3S. The first-order valence-electron chi connectivity index (χ1n) is 4.53. The molecule has 0 aromatic heterocycles. The van der Waals surface area contributed by atoms with Crippen molar-refractivity contribution in [1.29, 1.82) is 0 Å². The molecule has 2 rings (SSSR count). The summed E-state index contributed by atoms with van der Waals surface area (Å²) in [7, 11) is -2.96. The molecule has 3 nitrogen and oxygen atoms in total. The van der Waals surface area contributed by atoms with Crippen LogP contribution in [-0.2, 0) is 9.84 Å². The van der Waals surface area contributed by atoms with Crippen molar-refractivity contribution in [2.45, 2.75) is 48.7 Å². The minimum absolute atomic E-state index is 0.139. The smallest absolute Gasteiger partial charge is 0.158 e. The van der Waals surface area contributed by atoms with Gasteiger partial charge in [0.1, 0.15) is 0 Å². The Balaban J connectivity index is 2.34. The number of hydrogen-bond donors (Lipinski definition) is 1. The third-order valence-electron chi connectivity index (χ3n) is 3.11. The van der Waals surface area contributed by atoms with E-state index in [4.69, 9.17) is 0 Å². The highest BCUT2D eigenvalue weighted by atomic mass is 32.2. The van der Waals surface area contributed by atoms with Gasteiger partial charge in [-0.2, -0.15) is 0 Å². The number of sulfone groups is 1. The number of fused-ring (bicyclic) bond motifs is 2. The SMILES string of the molecule is O=S1(=O)[C@H]2CCC[C@@H]1[C@H](O)CC2. The molecule has 0 unspecified atom stereocenters. The number of rotatable bonds is 0. The highest BCUT2D eigenvalue weighted by Crippen LogP contribution is 2.36. The van der Waals surface area contributed by atoms with Gasteiger partial charge in [-0.05, 0) is 25.7 Å². The molecule has 0 aromatic carbocycles. The van der Waals surface area contributed by atoms with Crippen LogP contribution >= 0.6 is 0 Å². The van der Waals surface area contributed by atoms with Crippen molar-refractivity contribution in [2.24, 2.45) is 0 Å². The summed E-state index contributed by atoms with van der Waals surface area (Å²) >= 11 is 0. The first-order chi connectivity index (χ1) is 5.62. The minimum atomic E-state index is -2.96. The predicted octanol–water partition coefficient (Wildman–Crippen LogP) is 0.477. The molecule has 1 N–H and O–H groups in total. The monoisotopic (exact) mass is 190 g/mol. The van der Waals surface area contributed by atoms with Crippen LogP contribution in [0, 0.1) is 0 Å². The van der Waals surface area contributed by atoms with Gasteiger partial charge in [0.25, 0.3) is 0 Å². The summed E-state index contributed by atoms with van der Waals surface area (Å²) in [5, 5.41) is 8.90. The van der Waals surface area contributed by atoms with E-state index in [0.717, 1.165) is 12.8 Å². The van der Waals surface area contributed by atoms with Gasteiger partial charge in [0.05, 0.1) is 16.6 Å². The maximum absolute atomic E-state index is 11.6. The molecule has 0 amide bonds. The number of aliphatic hydroxyl groups is 1. The van der Waals surface area contributed by atoms with Crippen LogP contribution in [0.1, 0.15) is 32.1 Å². The second kappa shape index (κ2) is 2.70. The number of aliphatic hydroxyl groups excluding tert-OH is 1. The van der Waals surface area contributed by atoms with Gasteiger partial charge in [-0.3, -0.25) is 0 Å². The van der Waals surface area contributed by atoms with Gasteiger partial charge in [0.15, 0.2) is 9.84 Å². The van der Waals surface area contributed by atoms with Crippen molar-refractivity contribution < 1.29 is 13.5 Å². The van der Waals surface area contributed by atoms with Crippen molar-refractivity contribution >= 4 is 9.84 Å². The topological polar surface area (TPSA) is 54.4 Å². The molecule has 0 saturated carbocycles. The Labute approximate surface area is 72.7 Å². The molecule has 3 atom stereocenters. The third kappa shape index (κ3) is 1.09. The average molecular weight is 190 g/mol. The fourth-order valence-corrected chi connectivity index (χ4v) is 4.91. The van der Waals surface area contributed by atoms with E-state index < -0.39 is 21.2 Å². The Morgan fingerprint density at radius 1 is 1.08 bits per heavy atom. The lowest BCUT2D eigenvalue weighted by atomic mass is 9.97. The van der Waals surface area contributed by atoms with Crippen LogP contribution in [0.2, 0.25) is 0 Å². The first-order valence-corrected chi connectivity index (χ1v) is 6.14. The van der Waals surface area contributed by atoms with E-state index in [9.17, 15) is 13.5 Å². The van der Waals surface area contributed by atoms with Crippen LogP contribution in [-0.4, -0.2) is 30.1 Å². The van der Waals surface area contributed by atoms with Gasteiger partial charge in [0.2, 0.25) is 0 Å². The normalized spacial score (nSPS) is 45.6. The molecule has 2 fully saturated rings. The van der Waals surface area contributed by atoms with Crippen molar-refractivity contribution in [3.8, 4) is 0 Å². The van der Waals surface area contributed by atoms with Gasteiger partial charge in [-0.15, -0.1) is 0 Å². The quantitative estimate of drug-likeness (QED) is 0.604. The van der Waals surface area contributed by atoms with Crippen LogP contribution in [0.25, 0.3) is 0 Å². The molecule has 4 heteroatoms. The Bertz CT molecular complexity index is 270. The van der Waals surface area contributed by atoms with E-state index in [0.29, 0.717) is 19.3 Å².